The molecule has 3 rings (SSSR count). The van der Waals surface area contributed by atoms with Crippen molar-refractivity contribution in [2.75, 3.05) is 0 Å². The molecular weight excluding hydrogens is 402 g/mol. The molecule has 0 amide bonds. The molecule has 0 N–H and O–H groups in total. The van der Waals surface area contributed by atoms with Gasteiger partial charge in [-0.05, 0) is 80.1 Å². The van der Waals surface area contributed by atoms with Crippen LogP contribution in [0, 0.1) is 17.8 Å². The summed E-state index contributed by atoms with van der Waals surface area (Å²) in [6, 6.07) is 7.29. The normalized spacial score (nSPS) is 38.2. The summed E-state index contributed by atoms with van der Waals surface area (Å²) in [6.45, 7) is 34.6. The molecule has 0 bridgehead atoms. The molecule has 0 saturated carbocycles. The van der Waals surface area contributed by atoms with Crippen LogP contribution in [-0.2, 0) is 0 Å². The Bertz CT molecular complexity index is 387. The van der Waals surface area contributed by atoms with Crippen molar-refractivity contribution in [3.63, 3.8) is 0 Å². The fourth-order valence-electron chi connectivity index (χ4n) is 4.85. The summed E-state index contributed by atoms with van der Waals surface area (Å²) in [7, 11) is 0. The van der Waals surface area contributed by atoms with Gasteiger partial charge in [0.2, 0.25) is 0 Å². The van der Waals surface area contributed by atoms with Gasteiger partial charge in [-0.2, -0.15) is 0 Å². The minimum Gasteiger partial charge on any atom is -0.292 e. The van der Waals surface area contributed by atoms with Crippen LogP contribution in [0.15, 0.2) is 0 Å². The summed E-state index contributed by atoms with van der Waals surface area (Å²) in [5, 5.41) is 0. The maximum absolute atomic E-state index is 2.57. The van der Waals surface area contributed by atoms with Gasteiger partial charge in [-0.15, -0.1) is 0 Å². The Balaban J connectivity index is -0.000000391. The lowest BCUT2D eigenvalue weighted by Crippen LogP contribution is -2.23. The van der Waals surface area contributed by atoms with Crippen molar-refractivity contribution in [3.8, 4) is 0 Å². The van der Waals surface area contributed by atoms with Gasteiger partial charge in [0.15, 0.2) is 0 Å². The molecule has 9 atom stereocenters. The Labute approximate surface area is 213 Å². The first-order chi connectivity index (χ1) is 13.7. The Morgan fingerprint density at radius 2 is 0.455 bits per heavy atom. The van der Waals surface area contributed by atoms with E-state index < -0.39 is 0 Å². The van der Waals surface area contributed by atoms with Crippen molar-refractivity contribution in [3.05, 3.63) is 0 Å². The molecule has 3 fully saturated rings. The molecule has 0 aromatic heterocycles. The molecule has 3 aliphatic heterocycles. The van der Waals surface area contributed by atoms with Crippen LogP contribution < -0.4 is 0 Å². The molecule has 3 heteroatoms. The monoisotopic (exact) mass is 472 g/mol. The zero-order valence-electron chi connectivity index (χ0n) is 23.3. The highest BCUT2D eigenvalue weighted by atomic mass is 15.4. The molecule has 3 saturated heterocycles. The van der Waals surface area contributed by atoms with Gasteiger partial charge in [-0.3, -0.25) is 14.7 Å². The van der Waals surface area contributed by atoms with Gasteiger partial charge < -0.3 is 0 Å². The standard InChI is InChI=1S/3C9H19N.3CH4/c3*1-6(2)7(3)10-8(4)9(10)5;;;/h3*6-9H,1-5H3;3*1H4/t2*7-,8?,9?,10?;;;;/m10..../s1. The molecule has 0 spiro atoms. The molecule has 0 radical (unpaired) electrons. The van der Waals surface area contributed by atoms with E-state index in [0.29, 0.717) is 0 Å². The largest absolute Gasteiger partial charge is 0.292 e. The molecule has 204 valence electrons. The van der Waals surface area contributed by atoms with E-state index in [1.54, 1.807) is 0 Å². The lowest BCUT2D eigenvalue weighted by molar-refractivity contribution is 0.303. The lowest BCUT2D eigenvalue weighted by Gasteiger charge is -2.17. The van der Waals surface area contributed by atoms with Gasteiger partial charge in [-0.25, -0.2) is 0 Å². The van der Waals surface area contributed by atoms with Crippen LogP contribution in [0.1, 0.15) is 126 Å². The van der Waals surface area contributed by atoms with Crippen molar-refractivity contribution in [1.82, 2.24) is 14.7 Å². The fraction of sp³-hybridized carbons (Fsp3) is 1.00. The second kappa shape index (κ2) is 15.1. The van der Waals surface area contributed by atoms with E-state index in [1.807, 2.05) is 0 Å². The van der Waals surface area contributed by atoms with Crippen LogP contribution in [0.25, 0.3) is 0 Å². The van der Waals surface area contributed by atoms with E-state index in [4.69, 9.17) is 0 Å². The van der Waals surface area contributed by atoms with Crippen molar-refractivity contribution < 1.29 is 0 Å². The van der Waals surface area contributed by atoms with E-state index in [-0.39, 0.29) is 22.3 Å². The third-order valence-electron chi connectivity index (χ3n) is 8.95. The van der Waals surface area contributed by atoms with Crippen LogP contribution >= 0.6 is 0 Å². The highest BCUT2D eigenvalue weighted by molar-refractivity contribution is 5.00. The third-order valence-corrected chi connectivity index (χ3v) is 8.95. The van der Waals surface area contributed by atoms with Crippen molar-refractivity contribution >= 4 is 0 Å². The van der Waals surface area contributed by atoms with Gasteiger partial charge in [0.05, 0.1) is 0 Å². The Kier molecular flexibility index (Phi) is 17.1. The summed E-state index contributed by atoms with van der Waals surface area (Å²) >= 11 is 0. The van der Waals surface area contributed by atoms with Gasteiger partial charge in [-0.1, -0.05) is 63.8 Å². The Hall–Kier alpha value is -0.120. The smallest absolute Gasteiger partial charge is 0.0227 e. The van der Waals surface area contributed by atoms with Gasteiger partial charge in [0.1, 0.15) is 0 Å². The number of hydrogen-bond acceptors (Lipinski definition) is 3. The predicted octanol–water partition coefficient (Wildman–Crippen LogP) is 8.28. The maximum Gasteiger partial charge on any atom is 0.0227 e. The topological polar surface area (TPSA) is 9.03 Å². The minimum absolute atomic E-state index is 0. The predicted molar refractivity (Wildman–Crippen MR) is 155 cm³/mol. The second-order valence-corrected chi connectivity index (χ2v) is 11.7. The first-order valence-corrected chi connectivity index (χ1v) is 13.0. The van der Waals surface area contributed by atoms with Crippen LogP contribution in [0.2, 0.25) is 0 Å². The van der Waals surface area contributed by atoms with E-state index in [2.05, 4.69) is 119 Å². The van der Waals surface area contributed by atoms with E-state index in [0.717, 1.165) is 72.1 Å². The molecule has 0 aliphatic carbocycles. The molecule has 3 aliphatic rings. The summed E-state index contributed by atoms with van der Waals surface area (Å²) in [5.74, 6) is 2.40. The Morgan fingerprint density at radius 3 is 0.485 bits per heavy atom. The fourth-order valence-corrected chi connectivity index (χ4v) is 4.85. The first-order valence-electron chi connectivity index (χ1n) is 13.0. The quantitative estimate of drug-likeness (QED) is 0.361. The molecule has 33 heavy (non-hydrogen) atoms. The van der Waals surface area contributed by atoms with Crippen LogP contribution in [0.4, 0.5) is 0 Å². The minimum atomic E-state index is 0. The van der Waals surface area contributed by atoms with E-state index in [1.165, 1.54) is 0 Å². The summed E-state index contributed by atoms with van der Waals surface area (Å²) < 4.78 is 0. The zero-order valence-corrected chi connectivity index (χ0v) is 23.3. The first kappa shape index (κ1) is 37.4. The molecule has 0 aromatic carbocycles. The molecule has 3 nitrogen and oxygen atoms in total. The lowest BCUT2D eigenvalue weighted by atomic mass is 10.1. The molecule has 3 heterocycles. The summed E-state index contributed by atoms with van der Waals surface area (Å²) in [5.41, 5.74) is 0. The van der Waals surface area contributed by atoms with Crippen molar-refractivity contribution in [1.29, 1.82) is 0 Å². The van der Waals surface area contributed by atoms with Crippen molar-refractivity contribution in [2.45, 2.75) is 181 Å². The molecular formula is C30H69N3. The molecule has 0 aromatic rings. The zero-order chi connectivity index (χ0) is 23.7. The summed E-state index contributed by atoms with van der Waals surface area (Å²) in [4.78, 5) is 7.72. The van der Waals surface area contributed by atoms with Crippen LogP contribution in [0.3, 0.4) is 0 Å². The second-order valence-electron chi connectivity index (χ2n) is 11.7. The third kappa shape index (κ3) is 9.80. The number of rotatable bonds is 6. The van der Waals surface area contributed by atoms with Gasteiger partial charge in [0, 0.05) is 54.4 Å². The van der Waals surface area contributed by atoms with Gasteiger partial charge in [0.25, 0.3) is 0 Å². The average molecular weight is 472 g/mol. The number of hydrogen-bond donors (Lipinski definition) is 0. The SMILES string of the molecule is C.C.C.CC(C)C(C)N1C(C)C1C.CC(C)[C@@H](C)N1C(C)C1C.CC(C)[C@H](C)N1C(C)C1C. The molecule has 7 unspecified atom stereocenters. The van der Waals surface area contributed by atoms with Crippen LogP contribution in [0.5, 0.6) is 0 Å². The van der Waals surface area contributed by atoms with E-state index in [9.17, 15) is 0 Å². The Morgan fingerprint density at radius 1 is 0.333 bits per heavy atom. The summed E-state index contributed by atoms with van der Waals surface area (Å²) in [6.07, 6.45) is 0. The average Bonchev–Trinajstić information content (AvgIpc) is 3.58. The highest BCUT2D eigenvalue weighted by Crippen LogP contribution is 2.34. The maximum atomic E-state index is 2.57. The highest BCUT2D eigenvalue weighted by Gasteiger charge is 2.44. The number of nitrogens with zero attached hydrogens (tertiary/aromatic N) is 3. The van der Waals surface area contributed by atoms with Crippen LogP contribution in [-0.4, -0.2) is 69.1 Å². The van der Waals surface area contributed by atoms with E-state index >= 15 is 0 Å². The van der Waals surface area contributed by atoms with Crippen molar-refractivity contribution in [2.24, 2.45) is 17.8 Å². The van der Waals surface area contributed by atoms with Gasteiger partial charge >= 0.3 is 0 Å².